The third-order valence-corrected chi connectivity index (χ3v) is 3.01. The predicted octanol–water partition coefficient (Wildman–Crippen LogP) is 3.64. The molecule has 3 unspecified atom stereocenters. The molecule has 1 saturated carbocycles. The monoisotopic (exact) mass is 239 g/mol. The Balaban J connectivity index is 1.82. The summed E-state index contributed by atoms with van der Waals surface area (Å²) in [6.45, 7) is 0. The first-order valence-corrected chi connectivity index (χ1v) is 6.05. The summed E-state index contributed by atoms with van der Waals surface area (Å²) in [5.41, 5.74) is 0.873. The van der Waals surface area contributed by atoms with Crippen LogP contribution in [0.5, 0.6) is 0 Å². The van der Waals surface area contributed by atoms with Crippen molar-refractivity contribution in [3.8, 4) is 0 Å². The van der Waals surface area contributed by atoms with Gasteiger partial charge in [-0.3, -0.25) is 0 Å². The molecule has 1 nitrogen and oxygen atoms in total. The molecule has 0 spiro atoms. The third kappa shape index (κ3) is 3.77. The van der Waals surface area contributed by atoms with Gasteiger partial charge >= 0.3 is 0 Å². The average Bonchev–Trinajstić information content (AvgIpc) is 2.33. The number of rotatable bonds is 4. The van der Waals surface area contributed by atoms with E-state index < -0.39 is 18.6 Å². The molecular weight excluding hydrogens is 222 g/mol. The molecule has 0 amide bonds. The molecule has 1 aromatic rings. The molecule has 1 radical (unpaired) electrons. The Labute approximate surface area is 101 Å². The van der Waals surface area contributed by atoms with E-state index in [0.717, 1.165) is 12.0 Å². The van der Waals surface area contributed by atoms with E-state index in [4.69, 9.17) is 4.74 Å². The van der Waals surface area contributed by atoms with Gasteiger partial charge in [0, 0.05) is 6.42 Å². The topological polar surface area (TPSA) is 9.23 Å². The van der Waals surface area contributed by atoms with Crippen LogP contribution in [0.2, 0.25) is 0 Å². The quantitative estimate of drug-likeness (QED) is 0.779. The van der Waals surface area contributed by atoms with Crippen molar-refractivity contribution in [3.63, 3.8) is 0 Å². The Morgan fingerprint density at radius 2 is 2.06 bits per heavy atom. The van der Waals surface area contributed by atoms with Gasteiger partial charge in [-0.05, 0) is 31.2 Å². The molecule has 93 valence electrons. The van der Waals surface area contributed by atoms with Gasteiger partial charge in [-0.15, -0.1) is 0 Å². The molecule has 1 aliphatic rings. The molecule has 3 atom stereocenters. The number of hydrogen-bond acceptors (Lipinski definition) is 1. The molecule has 0 heterocycles. The second-order valence-electron chi connectivity index (χ2n) is 4.39. The van der Waals surface area contributed by atoms with Crippen molar-refractivity contribution in [3.05, 3.63) is 42.3 Å². The van der Waals surface area contributed by atoms with Crippen LogP contribution in [-0.2, 0) is 11.2 Å². The molecule has 0 aromatic heterocycles. The maximum atomic E-state index is 13.6. The van der Waals surface area contributed by atoms with Crippen LogP contribution in [0, 0.1) is 6.42 Å². The van der Waals surface area contributed by atoms with Crippen molar-refractivity contribution in [2.24, 2.45) is 0 Å². The van der Waals surface area contributed by atoms with E-state index in [0.29, 0.717) is 12.8 Å². The minimum absolute atomic E-state index is 0.188. The highest BCUT2D eigenvalue weighted by molar-refractivity contribution is 5.15. The van der Waals surface area contributed by atoms with Crippen molar-refractivity contribution in [1.29, 1.82) is 0 Å². The Morgan fingerprint density at radius 3 is 2.76 bits per heavy atom. The molecule has 1 aromatic carbocycles. The number of benzene rings is 1. The zero-order valence-corrected chi connectivity index (χ0v) is 9.69. The first kappa shape index (κ1) is 12.5. The van der Waals surface area contributed by atoms with Gasteiger partial charge in [0.15, 0.2) is 0 Å². The fraction of sp³-hybridized carbons (Fsp3) is 0.500. The molecule has 0 aliphatic heterocycles. The van der Waals surface area contributed by atoms with Crippen LogP contribution in [0.25, 0.3) is 0 Å². The van der Waals surface area contributed by atoms with Crippen molar-refractivity contribution < 1.29 is 13.5 Å². The fourth-order valence-electron chi connectivity index (χ4n) is 2.08. The average molecular weight is 239 g/mol. The van der Waals surface area contributed by atoms with Crippen LogP contribution >= 0.6 is 0 Å². The Morgan fingerprint density at radius 1 is 1.29 bits per heavy atom. The van der Waals surface area contributed by atoms with Crippen molar-refractivity contribution in [1.82, 2.24) is 0 Å². The van der Waals surface area contributed by atoms with Gasteiger partial charge in [0.05, 0.1) is 6.10 Å². The number of hydrogen-bond donors (Lipinski definition) is 0. The Kier molecular flexibility index (Phi) is 4.49. The highest BCUT2D eigenvalue weighted by atomic mass is 19.1. The fourth-order valence-corrected chi connectivity index (χ4v) is 2.08. The molecule has 17 heavy (non-hydrogen) atoms. The van der Waals surface area contributed by atoms with E-state index in [9.17, 15) is 8.78 Å². The minimum Gasteiger partial charge on any atom is -0.341 e. The van der Waals surface area contributed by atoms with Crippen LogP contribution < -0.4 is 0 Å². The van der Waals surface area contributed by atoms with Gasteiger partial charge in [-0.2, -0.15) is 0 Å². The van der Waals surface area contributed by atoms with Crippen LogP contribution in [0.15, 0.2) is 30.3 Å². The van der Waals surface area contributed by atoms with E-state index in [2.05, 4.69) is 0 Å². The summed E-state index contributed by atoms with van der Waals surface area (Å²) in [6, 6.07) is 9.28. The zero-order valence-electron chi connectivity index (χ0n) is 9.69. The van der Waals surface area contributed by atoms with E-state index in [1.165, 1.54) is 0 Å². The maximum absolute atomic E-state index is 13.6. The number of alkyl halides is 2. The zero-order chi connectivity index (χ0) is 12.1. The van der Waals surface area contributed by atoms with Gasteiger partial charge in [0.2, 0.25) is 6.36 Å². The highest BCUT2D eigenvalue weighted by Gasteiger charge is 2.28. The maximum Gasteiger partial charge on any atom is 0.203 e. The third-order valence-electron chi connectivity index (χ3n) is 3.01. The van der Waals surface area contributed by atoms with Gasteiger partial charge in [-0.1, -0.05) is 30.3 Å². The summed E-state index contributed by atoms with van der Waals surface area (Å²) >= 11 is 0. The second-order valence-corrected chi connectivity index (χ2v) is 4.39. The molecule has 0 N–H and O–H groups in total. The Hall–Kier alpha value is -0.960. The lowest BCUT2D eigenvalue weighted by Gasteiger charge is -2.27. The van der Waals surface area contributed by atoms with Gasteiger partial charge in [0.1, 0.15) is 6.17 Å². The summed E-state index contributed by atoms with van der Waals surface area (Å²) in [5.74, 6) is 0. The standard InChI is InChI=1S/C14H17F2O/c15-12-8-4-5-9-13(12)17-14(16)10-11-6-2-1-3-7-11/h1-4,6-7,12-14H,5,8-10H2. The lowest BCUT2D eigenvalue weighted by Crippen LogP contribution is -2.32. The van der Waals surface area contributed by atoms with Gasteiger partial charge in [-0.25, -0.2) is 8.78 Å². The van der Waals surface area contributed by atoms with E-state index in [1.54, 1.807) is 0 Å². The number of ether oxygens (including phenoxy) is 1. The summed E-state index contributed by atoms with van der Waals surface area (Å²) in [6.07, 6.45) is 0.792. The summed E-state index contributed by atoms with van der Waals surface area (Å²) in [5, 5.41) is 0. The molecular formula is C14H17F2O. The van der Waals surface area contributed by atoms with Crippen LogP contribution in [0.1, 0.15) is 24.8 Å². The predicted molar refractivity (Wildman–Crippen MR) is 63.0 cm³/mol. The molecule has 3 heteroatoms. The Bertz CT molecular complexity index is 328. The highest BCUT2D eigenvalue weighted by Crippen LogP contribution is 2.25. The molecule has 1 fully saturated rings. The smallest absolute Gasteiger partial charge is 0.203 e. The van der Waals surface area contributed by atoms with Crippen LogP contribution in [0.3, 0.4) is 0 Å². The van der Waals surface area contributed by atoms with Crippen LogP contribution in [-0.4, -0.2) is 18.6 Å². The van der Waals surface area contributed by atoms with E-state index in [-0.39, 0.29) is 6.42 Å². The lowest BCUT2D eigenvalue weighted by molar-refractivity contribution is -0.117. The molecule has 2 rings (SSSR count). The molecule has 0 bridgehead atoms. The number of halogens is 2. The minimum atomic E-state index is -1.42. The van der Waals surface area contributed by atoms with Gasteiger partial charge < -0.3 is 4.74 Å². The molecule has 1 aliphatic carbocycles. The van der Waals surface area contributed by atoms with Crippen molar-refractivity contribution in [2.45, 2.75) is 44.3 Å². The summed E-state index contributed by atoms with van der Waals surface area (Å²) < 4.78 is 32.2. The van der Waals surface area contributed by atoms with E-state index in [1.807, 2.05) is 36.8 Å². The molecule has 0 saturated heterocycles. The summed E-state index contributed by atoms with van der Waals surface area (Å²) in [4.78, 5) is 0. The normalized spacial score (nSPS) is 26.7. The van der Waals surface area contributed by atoms with Crippen LogP contribution in [0.4, 0.5) is 8.78 Å². The van der Waals surface area contributed by atoms with E-state index >= 15 is 0 Å². The van der Waals surface area contributed by atoms with Crippen molar-refractivity contribution in [2.75, 3.05) is 0 Å². The second kappa shape index (κ2) is 6.10. The largest absolute Gasteiger partial charge is 0.341 e. The lowest BCUT2D eigenvalue weighted by atomic mass is 9.96. The SMILES string of the molecule is FC(Cc1ccccc1)OC1CC[CH]CC1F. The first-order chi connectivity index (χ1) is 8.25. The first-order valence-electron chi connectivity index (χ1n) is 6.05. The summed E-state index contributed by atoms with van der Waals surface area (Å²) in [7, 11) is 0. The van der Waals surface area contributed by atoms with Gasteiger partial charge in [0.25, 0.3) is 0 Å². The van der Waals surface area contributed by atoms with Crippen molar-refractivity contribution >= 4 is 0 Å².